The van der Waals surface area contributed by atoms with E-state index in [4.69, 9.17) is 0 Å². The van der Waals surface area contributed by atoms with Gasteiger partial charge in [0.05, 0.1) is 11.4 Å². The molecule has 2 aromatic carbocycles. The van der Waals surface area contributed by atoms with Crippen molar-refractivity contribution in [3.63, 3.8) is 0 Å². The molecule has 0 saturated carbocycles. The van der Waals surface area contributed by atoms with Crippen LogP contribution in [0, 0.1) is 5.82 Å². The minimum Gasteiger partial charge on any atom is -0.373 e. The zero-order valence-electron chi connectivity index (χ0n) is 17.8. The summed E-state index contributed by atoms with van der Waals surface area (Å²) in [5, 5.41) is 12.5. The molecule has 31 heavy (non-hydrogen) atoms. The molecule has 4 aromatic rings. The van der Waals surface area contributed by atoms with Gasteiger partial charge in [0, 0.05) is 44.1 Å². The number of hydrogen-bond donors (Lipinski definition) is 0. The highest BCUT2D eigenvalue weighted by Gasteiger charge is 2.23. The van der Waals surface area contributed by atoms with Crippen molar-refractivity contribution >= 4 is 5.69 Å². The maximum absolute atomic E-state index is 13.4. The van der Waals surface area contributed by atoms with Gasteiger partial charge in [0.25, 0.3) is 0 Å². The van der Waals surface area contributed by atoms with Crippen molar-refractivity contribution in [1.29, 1.82) is 0 Å². The number of nitrogens with zero attached hydrogens (tertiary/aromatic N) is 7. The average molecular weight is 417 g/mol. The second-order valence-electron chi connectivity index (χ2n) is 8.20. The summed E-state index contributed by atoms with van der Waals surface area (Å²) < 4.78 is 17.3. The van der Waals surface area contributed by atoms with Gasteiger partial charge >= 0.3 is 0 Å². The maximum Gasteiger partial charge on any atom is 0.203 e. The molecule has 1 aliphatic rings. The minimum atomic E-state index is -0.242. The van der Waals surface area contributed by atoms with Gasteiger partial charge in [0.1, 0.15) is 5.82 Å². The third kappa shape index (κ3) is 3.59. The first-order valence-electron chi connectivity index (χ1n) is 10.2. The number of fused-ring (bicyclic) bond motifs is 5. The molecule has 0 fully saturated rings. The highest BCUT2D eigenvalue weighted by Crippen LogP contribution is 2.34. The number of anilines is 1. The standard InChI is InChI=1S/C23H24FN7/c1-28(2)10-11-29(3)20-8-9-21-18(12-20)15-30-14-17(16-4-6-19(24)7-5-16)13-22(30)23-25-26-27-31(21)23/h4-9,12-14H,10-11,15H2,1-3H3. The van der Waals surface area contributed by atoms with Crippen LogP contribution in [0.15, 0.2) is 54.7 Å². The van der Waals surface area contributed by atoms with E-state index in [1.54, 1.807) is 16.8 Å². The molecule has 7 nitrogen and oxygen atoms in total. The number of rotatable bonds is 5. The third-order valence-electron chi connectivity index (χ3n) is 5.73. The summed E-state index contributed by atoms with van der Waals surface area (Å²) in [5.74, 6) is 0.453. The van der Waals surface area contributed by atoms with E-state index in [0.717, 1.165) is 46.8 Å². The van der Waals surface area contributed by atoms with Gasteiger partial charge in [-0.05, 0) is 72.0 Å². The SMILES string of the molecule is CN(C)CCN(C)c1ccc2c(c1)Cn1cc(-c3ccc(F)cc3)cc1-c1nnnn1-2. The molecule has 2 aromatic heterocycles. The molecular weight excluding hydrogens is 393 g/mol. The second kappa shape index (κ2) is 7.63. The number of halogens is 1. The van der Waals surface area contributed by atoms with Crippen molar-refractivity contribution in [3.8, 4) is 28.3 Å². The summed E-state index contributed by atoms with van der Waals surface area (Å²) in [5.41, 5.74) is 6.18. The van der Waals surface area contributed by atoms with Gasteiger partial charge < -0.3 is 14.4 Å². The highest BCUT2D eigenvalue weighted by atomic mass is 19.1. The summed E-state index contributed by atoms with van der Waals surface area (Å²) in [4.78, 5) is 4.43. The number of aromatic nitrogens is 5. The van der Waals surface area contributed by atoms with Crippen LogP contribution in [-0.2, 0) is 6.54 Å². The van der Waals surface area contributed by atoms with Gasteiger partial charge in [-0.1, -0.05) is 12.1 Å². The molecular formula is C23H24FN7. The average Bonchev–Trinajstić information content (AvgIpc) is 3.37. The van der Waals surface area contributed by atoms with Crippen LogP contribution in [0.2, 0.25) is 0 Å². The predicted octanol–water partition coefficient (Wildman–Crippen LogP) is 3.30. The molecule has 0 N–H and O–H groups in total. The summed E-state index contributed by atoms with van der Waals surface area (Å²) in [6.45, 7) is 2.60. The first-order valence-corrected chi connectivity index (χ1v) is 10.2. The second-order valence-corrected chi connectivity index (χ2v) is 8.20. The van der Waals surface area contributed by atoms with E-state index < -0.39 is 0 Å². The van der Waals surface area contributed by atoms with Gasteiger partial charge in [0.2, 0.25) is 5.82 Å². The molecule has 0 saturated heterocycles. The van der Waals surface area contributed by atoms with Crippen LogP contribution in [0.5, 0.6) is 0 Å². The van der Waals surface area contributed by atoms with Crippen molar-refractivity contribution in [3.05, 3.63) is 66.1 Å². The molecule has 0 spiro atoms. The molecule has 1 aliphatic heterocycles. The Bertz CT molecular complexity index is 1220. The lowest BCUT2D eigenvalue weighted by Gasteiger charge is -2.23. The lowest BCUT2D eigenvalue weighted by Crippen LogP contribution is -2.28. The van der Waals surface area contributed by atoms with Gasteiger partial charge in [-0.3, -0.25) is 0 Å². The smallest absolute Gasteiger partial charge is 0.203 e. The van der Waals surface area contributed by atoms with Crippen molar-refractivity contribution < 1.29 is 4.39 Å². The van der Waals surface area contributed by atoms with Gasteiger partial charge in [-0.25, -0.2) is 4.39 Å². The fourth-order valence-electron chi connectivity index (χ4n) is 3.94. The topological polar surface area (TPSA) is 55.0 Å². The Labute approximate surface area is 180 Å². The summed E-state index contributed by atoms with van der Waals surface area (Å²) in [6, 6.07) is 15.0. The van der Waals surface area contributed by atoms with E-state index in [9.17, 15) is 4.39 Å². The van der Waals surface area contributed by atoms with Crippen LogP contribution >= 0.6 is 0 Å². The Morgan fingerprint density at radius 3 is 2.55 bits per heavy atom. The van der Waals surface area contributed by atoms with Crippen LogP contribution < -0.4 is 4.90 Å². The molecule has 0 amide bonds. The minimum absolute atomic E-state index is 0.242. The quantitative estimate of drug-likeness (QED) is 0.439. The molecule has 0 unspecified atom stereocenters. The first-order chi connectivity index (χ1) is 15.0. The normalized spacial score (nSPS) is 12.3. The van der Waals surface area contributed by atoms with E-state index >= 15 is 0 Å². The van der Waals surface area contributed by atoms with E-state index in [1.807, 2.05) is 0 Å². The van der Waals surface area contributed by atoms with Gasteiger partial charge in [-0.2, -0.15) is 4.68 Å². The van der Waals surface area contributed by atoms with Crippen molar-refractivity contribution in [2.24, 2.45) is 0 Å². The first kappa shape index (κ1) is 19.4. The summed E-state index contributed by atoms with van der Waals surface area (Å²) in [7, 11) is 6.27. The number of benzene rings is 2. The van der Waals surface area contributed by atoms with Crippen LogP contribution in [0.25, 0.3) is 28.3 Å². The monoisotopic (exact) mass is 417 g/mol. The third-order valence-corrected chi connectivity index (χ3v) is 5.73. The van der Waals surface area contributed by atoms with E-state index in [-0.39, 0.29) is 5.82 Å². The van der Waals surface area contributed by atoms with E-state index in [1.165, 1.54) is 12.1 Å². The van der Waals surface area contributed by atoms with Crippen molar-refractivity contribution in [2.75, 3.05) is 39.1 Å². The lowest BCUT2D eigenvalue weighted by atomic mass is 10.1. The van der Waals surface area contributed by atoms with Crippen LogP contribution in [-0.4, -0.2) is 63.9 Å². The Kier molecular flexibility index (Phi) is 4.78. The highest BCUT2D eigenvalue weighted by molar-refractivity contribution is 5.71. The summed E-state index contributed by atoms with van der Waals surface area (Å²) in [6.07, 6.45) is 2.08. The Balaban J connectivity index is 1.56. The molecule has 0 radical (unpaired) electrons. The van der Waals surface area contributed by atoms with Crippen molar-refractivity contribution in [2.45, 2.75) is 6.54 Å². The molecule has 158 valence electrons. The summed E-state index contributed by atoms with van der Waals surface area (Å²) >= 11 is 0. The van der Waals surface area contributed by atoms with Crippen LogP contribution in [0.4, 0.5) is 10.1 Å². The largest absolute Gasteiger partial charge is 0.373 e. The fourth-order valence-corrected chi connectivity index (χ4v) is 3.94. The van der Waals surface area contributed by atoms with E-state index in [0.29, 0.717) is 12.4 Å². The maximum atomic E-state index is 13.4. The number of likely N-dealkylation sites (N-methyl/N-ethyl adjacent to an activating group) is 2. The van der Waals surface area contributed by atoms with E-state index in [2.05, 4.69) is 81.5 Å². The molecule has 0 aliphatic carbocycles. The zero-order valence-corrected chi connectivity index (χ0v) is 17.8. The number of tetrazole rings is 1. The predicted molar refractivity (Wildman–Crippen MR) is 119 cm³/mol. The lowest BCUT2D eigenvalue weighted by molar-refractivity contribution is 0.416. The number of hydrogen-bond acceptors (Lipinski definition) is 5. The Morgan fingerprint density at radius 1 is 0.968 bits per heavy atom. The molecule has 0 bridgehead atoms. The molecule has 8 heteroatoms. The Hall–Kier alpha value is -3.52. The molecule has 5 rings (SSSR count). The fraction of sp³-hybridized carbons (Fsp3) is 0.261. The molecule has 3 heterocycles. The Morgan fingerprint density at radius 2 is 1.77 bits per heavy atom. The van der Waals surface area contributed by atoms with Gasteiger partial charge in [0.15, 0.2) is 0 Å². The van der Waals surface area contributed by atoms with Crippen LogP contribution in [0.1, 0.15) is 5.56 Å². The van der Waals surface area contributed by atoms with Gasteiger partial charge in [-0.15, -0.1) is 5.10 Å². The molecule has 0 atom stereocenters. The van der Waals surface area contributed by atoms with Crippen molar-refractivity contribution in [1.82, 2.24) is 29.7 Å². The zero-order chi connectivity index (χ0) is 21.5. The van der Waals surface area contributed by atoms with Crippen LogP contribution in [0.3, 0.4) is 0 Å².